The van der Waals surface area contributed by atoms with Gasteiger partial charge >= 0.3 is 0 Å². The topological polar surface area (TPSA) is 77.6 Å². The molecule has 0 aliphatic carbocycles. The molecule has 1 unspecified atom stereocenters. The lowest BCUT2D eigenvalue weighted by Crippen LogP contribution is -2.41. The second-order valence-electron chi connectivity index (χ2n) is 7.88. The summed E-state index contributed by atoms with van der Waals surface area (Å²) in [5.41, 5.74) is 3.59. The first kappa shape index (κ1) is 21.2. The summed E-state index contributed by atoms with van der Waals surface area (Å²) >= 11 is 0. The third-order valence-electron chi connectivity index (χ3n) is 5.50. The highest BCUT2D eigenvalue weighted by Gasteiger charge is 2.17. The van der Waals surface area contributed by atoms with Crippen molar-refractivity contribution in [3.63, 3.8) is 0 Å². The van der Waals surface area contributed by atoms with Crippen LogP contribution in [0.2, 0.25) is 0 Å². The van der Waals surface area contributed by atoms with Crippen molar-refractivity contribution in [1.82, 2.24) is 20.6 Å². The van der Waals surface area contributed by atoms with E-state index in [4.69, 9.17) is 9.73 Å². The maximum Gasteiger partial charge on any atom is 0.191 e. The van der Waals surface area contributed by atoms with Crippen LogP contribution in [0.5, 0.6) is 0 Å². The van der Waals surface area contributed by atoms with Crippen LogP contribution in [0.3, 0.4) is 0 Å². The van der Waals surface area contributed by atoms with E-state index in [1.165, 1.54) is 16.5 Å². The summed E-state index contributed by atoms with van der Waals surface area (Å²) in [4.78, 5) is 15.0. The van der Waals surface area contributed by atoms with Gasteiger partial charge in [0.2, 0.25) is 0 Å². The smallest absolute Gasteiger partial charge is 0.191 e. The average molecular weight is 421 g/mol. The number of nitrogens with zero attached hydrogens (tertiary/aromatic N) is 3. The Bertz CT molecular complexity index is 997. The predicted molar refractivity (Wildman–Crippen MR) is 127 cm³/mol. The van der Waals surface area contributed by atoms with Crippen molar-refractivity contribution in [2.45, 2.75) is 32.9 Å². The Hall–Kier alpha value is -3.06. The average Bonchev–Trinajstić information content (AvgIpc) is 3.21. The van der Waals surface area contributed by atoms with E-state index < -0.39 is 0 Å². The van der Waals surface area contributed by atoms with Gasteiger partial charge in [-0.3, -0.25) is 0 Å². The highest BCUT2D eigenvalue weighted by Crippen LogP contribution is 2.18. The van der Waals surface area contributed by atoms with E-state index in [9.17, 15) is 0 Å². The minimum Gasteiger partial charge on any atom is -0.375 e. The van der Waals surface area contributed by atoms with Gasteiger partial charge in [-0.25, -0.2) is 9.98 Å². The molecule has 4 rings (SSSR count). The van der Waals surface area contributed by atoms with E-state index >= 15 is 0 Å². The summed E-state index contributed by atoms with van der Waals surface area (Å²) in [5.74, 6) is 1.83. The van der Waals surface area contributed by atoms with Crippen molar-refractivity contribution in [2.75, 3.05) is 37.7 Å². The van der Waals surface area contributed by atoms with E-state index in [2.05, 4.69) is 81.9 Å². The molecular formula is C24H32N6O. The molecule has 0 spiro atoms. The molecule has 1 atom stereocenters. The third-order valence-corrected chi connectivity index (χ3v) is 5.50. The van der Waals surface area contributed by atoms with Crippen LogP contribution in [0.4, 0.5) is 5.82 Å². The van der Waals surface area contributed by atoms with Gasteiger partial charge in [0.1, 0.15) is 5.82 Å². The van der Waals surface area contributed by atoms with E-state index in [0.29, 0.717) is 6.54 Å². The largest absolute Gasteiger partial charge is 0.375 e. The number of guanidine groups is 1. The zero-order chi connectivity index (χ0) is 21.5. The molecule has 164 valence electrons. The van der Waals surface area contributed by atoms with Crippen LogP contribution in [0.15, 0.2) is 53.8 Å². The van der Waals surface area contributed by atoms with Gasteiger partial charge in [-0.15, -0.1) is 0 Å². The lowest BCUT2D eigenvalue weighted by molar-refractivity contribution is 0.0529. The maximum atomic E-state index is 5.62. The summed E-state index contributed by atoms with van der Waals surface area (Å²) in [6.45, 7) is 8.94. The van der Waals surface area contributed by atoms with E-state index in [0.717, 1.165) is 56.5 Å². The van der Waals surface area contributed by atoms with Gasteiger partial charge in [0.15, 0.2) is 5.96 Å². The Balaban J connectivity index is 1.32. The van der Waals surface area contributed by atoms with Crippen molar-refractivity contribution in [1.29, 1.82) is 0 Å². The molecule has 2 aromatic heterocycles. The molecule has 1 fully saturated rings. The van der Waals surface area contributed by atoms with Crippen molar-refractivity contribution in [2.24, 2.45) is 4.99 Å². The molecule has 0 saturated carbocycles. The van der Waals surface area contributed by atoms with Crippen molar-refractivity contribution in [3.8, 4) is 0 Å². The van der Waals surface area contributed by atoms with E-state index in [1.807, 2.05) is 6.20 Å². The first-order valence-corrected chi connectivity index (χ1v) is 11.1. The van der Waals surface area contributed by atoms with Crippen LogP contribution in [0.1, 0.15) is 25.0 Å². The Morgan fingerprint density at radius 1 is 1.26 bits per heavy atom. The number of pyridine rings is 1. The minimum atomic E-state index is 0.248. The standard InChI is InChI=1S/C24H32N6O/c1-3-25-24(26-11-10-20-16-27-22-7-5-4-6-21(20)22)29-15-19-8-9-23(28-14-19)30-12-13-31-18(2)17-30/h4-9,14,16,18,27H,3,10-13,15,17H2,1-2H3,(H2,25,26,29). The van der Waals surface area contributed by atoms with Crippen LogP contribution in [0.25, 0.3) is 10.9 Å². The molecule has 1 aliphatic heterocycles. The van der Waals surface area contributed by atoms with Crippen molar-refractivity contribution >= 4 is 22.7 Å². The fourth-order valence-corrected chi connectivity index (χ4v) is 3.89. The fraction of sp³-hybridized carbons (Fsp3) is 0.417. The van der Waals surface area contributed by atoms with Crippen molar-refractivity contribution in [3.05, 3.63) is 59.9 Å². The Morgan fingerprint density at radius 3 is 2.97 bits per heavy atom. The predicted octanol–water partition coefficient (Wildman–Crippen LogP) is 3.09. The Morgan fingerprint density at radius 2 is 2.16 bits per heavy atom. The number of nitrogens with one attached hydrogen (secondary N) is 3. The number of fused-ring (bicyclic) bond motifs is 1. The van der Waals surface area contributed by atoms with Gasteiger partial charge in [-0.1, -0.05) is 24.3 Å². The molecule has 31 heavy (non-hydrogen) atoms. The summed E-state index contributed by atoms with van der Waals surface area (Å²) in [6, 6.07) is 12.6. The molecule has 1 aromatic carbocycles. The monoisotopic (exact) mass is 420 g/mol. The maximum absolute atomic E-state index is 5.62. The minimum absolute atomic E-state index is 0.248. The zero-order valence-corrected chi connectivity index (χ0v) is 18.4. The van der Waals surface area contributed by atoms with Crippen LogP contribution in [0, 0.1) is 0 Å². The van der Waals surface area contributed by atoms with Crippen molar-refractivity contribution < 1.29 is 4.74 Å². The molecule has 3 aromatic rings. The van der Waals surface area contributed by atoms with Gasteiger partial charge < -0.3 is 25.3 Å². The molecule has 7 nitrogen and oxygen atoms in total. The quantitative estimate of drug-likeness (QED) is 0.404. The van der Waals surface area contributed by atoms with E-state index in [-0.39, 0.29) is 6.10 Å². The highest BCUT2D eigenvalue weighted by molar-refractivity contribution is 5.83. The number of aliphatic imine (C=N–C) groups is 1. The lowest BCUT2D eigenvalue weighted by atomic mass is 10.1. The van der Waals surface area contributed by atoms with Crippen LogP contribution in [-0.2, 0) is 17.7 Å². The second-order valence-corrected chi connectivity index (χ2v) is 7.88. The number of rotatable bonds is 7. The van der Waals surface area contributed by atoms with Gasteiger partial charge in [-0.05, 0) is 43.5 Å². The summed E-state index contributed by atoms with van der Waals surface area (Å²) in [6.07, 6.45) is 5.20. The fourth-order valence-electron chi connectivity index (χ4n) is 3.89. The number of hydrogen-bond acceptors (Lipinski definition) is 4. The molecule has 0 radical (unpaired) electrons. The molecule has 0 amide bonds. The van der Waals surface area contributed by atoms with Gasteiger partial charge in [0, 0.05) is 49.5 Å². The molecular weight excluding hydrogens is 388 g/mol. The Labute approximate surface area is 183 Å². The molecule has 3 heterocycles. The first-order valence-electron chi connectivity index (χ1n) is 11.1. The second kappa shape index (κ2) is 10.3. The number of morpholine rings is 1. The number of H-pyrrole nitrogens is 1. The molecule has 7 heteroatoms. The number of para-hydroxylation sites is 1. The number of aromatic amines is 1. The SMILES string of the molecule is CCNC(=NCc1ccc(N2CCOC(C)C2)nc1)NCCc1c[nH]c2ccccc12. The van der Waals surface area contributed by atoms with Gasteiger partial charge in [-0.2, -0.15) is 0 Å². The van der Waals surface area contributed by atoms with Gasteiger partial charge in [0.05, 0.1) is 19.3 Å². The van der Waals surface area contributed by atoms with Crippen LogP contribution in [-0.4, -0.2) is 54.8 Å². The summed E-state index contributed by atoms with van der Waals surface area (Å²) < 4.78 is 5.62. The lowest BCUT2D eigenvalue weighted by Gasteiger charge is -2.32. The first-order chi connectivity index (χ1) is 15.2. The highest BCUT2D eigenvalue weighted by atomic mass is 16.5. The molecule has 1 aliphatic rings. The number of hydrogen-bond donors (Lipinski definition) is 3. The zero-order valence-electron chi connectivity index (χ0n) is 18.4. The van der Waals surface area contributed by atoms with Crippen LogP contribution >= 0.6 is 0 Å². The molecule has 3 N–H and O–H groups in total. The van der Waals surface area contributed by atoms with Crippen LogP contribution < -0.4 is 15.5 Å². The number of aromatic nitrogens is 2. The molecule has 1 saturated heterocycles. The summed E-state index contributed by atoms with van der Waals surface area (Å²) in [5, 5.41) is 8.06. The number of benzene rings is 1. The number of ether oxygens (including phenoxy) is 1. The normalized spacial score (nSPS) is 17.2. The Kier molecular flexibility index (Phi) is 7.04. The van der Waals surface area contributed by atoms with E-state index in [1.54, 1.807) is 0 Å². The molecule has 0 bridgehead atoms. The number of anilines is 1. The van der Waals surface area contributed by atoms with Gasteiger partial charge in [0.25, 0.3) is 0 Å². The third kappa shape index (κ3) is 5.55. The summed E-state index contributed by atoms with van der Waals surface area (Å²) in [7, 11) is 0.